The highest BCUT2D eigenvalue weighted by molar-refractivity contribution is 5.95. The first-order chi connectivity index (χ1) is 9.52. The summed E-state index contributed by atoms with van der Waals surface area (Å²) in [5, 5.41) is 9.22. The van der Waals surface area contributed by atoms with Crippen LogP contribution in [0.5, 0.6) is 0 Å². The zero-order valence-electron chi connectivity index (χ0n) is 11.4. The van der Waals surface area contributed by atoms with Gasteiger partial charge in [-0.2, -0.15) is 5.10 Å². The van der Waals surface area contributed by atoms with E-state index < -0.39 is 11.7 Å². The third kappa shape index (κ3) is 2.73. The predicted octanol–water partition coefficient (Wildman–Crippen LogP) is 0.961. The topological polar surface area (TPSA) is 86.8 Å². The van der Waals surface area contributed by atoms with Gasteiger partial charge in [-0.1, -0.05) is 0 Å². The highest BCUT2D eigenvalue weighted by atomic mass is 19.1. The number of aromatic nitrogens is 4. The number of nitrogens with zero attached hydrogens (tertiary/aromatic N) is 4. The van der Waals surface area contributed by atoms with Crippen LogP contribution in [0.3, 0.4) is 0 Å². The van der Waals surface area contributed by atoms with Crippen LogP contribution in [0.15, 0.2) is 12.3 Å². The second kappa shape index (κ2) is 5.64. The van der Waals surface area contributed by atoms with Crippen LogP contribution >= 0.6 is 0 Å². The van der Waals surface area contributed by atoms with Crippen molar-refractivity contribution in [2.75, 3.05) is 19.4 Å². The number of aromatic amines is 1. The molecule has 0 atom stereocenters. The van der Waals surface area contributed by atoms with Crippen LogP contribution in [0.2, 0.25) is 0 Å². The SMILES string of the molecule is CNc1nccc(C(=O)N(C)Cc2n[nH]c(C)n2)c1F. The third-order valence-electron chi connectivity index (χ3n) is 2.73. The standard InChI is InChI=1S/C12H15FN6O/c1-7-16-9(18-17-7)6-19(3)12(20)8-4-5-15-11(14-2)10(8)13/h4-5H,6H2,1-3H3,(H,14,15)(H,16,17,18). The zero-order chi connectivity index (χ0) is 14.7. The van der Waals surface area contributed by atoms with Gasteiger partial charge in [-0.15, -0.1) is 0 Å². The molecule has 0 fully saturated rings. The maximum Gasteiger partial charge on any atom is 0.257 e. The molecule has 8 heteroatoms. The van der Waals surface area contributed by atoms with Crippen molar-refractivity contribution in [1.82, 2.24) is 25.1 Å². The molecule has 7 nitrogen and oxygen atoms in total. The molecule has 2 rings (SSSR count). The molecule has 0 saturated carbocycles. The largest absolute Gasteiger partial charge is 0.371 e. The fourth-order valence-electron chi connectivity index (χ4n) is 1.73. The Kier molecular flexibility index (Phi) is 3.92. The smallest absolute Gasteiger partial charge is 0.257 e. The van der Waals surface area contributed by atoms with Crippen LogP contribution in [-0.4, -0.2) is 45.1 Å². The lowest BCUT2D eigenvalue weighted by atomic mass is 10.2. The molecule has 2 heterocycles. The van der Waals surface area contributed by atoms with Crippen LogP contribution in [0, 0.1) is 12.7 Å². The molecular weight excluding hydrogens is 263 g/mol. The van der Waals surface area contributed by atoms with E-state index in [1.165, 1.54) is 17.2 Å². The Morgan fingerprint density at radius 1 is 1.55 bits per heavy atom. The molecule has 1 amide bonds. The molecule has 0 radical (unpaired) electrons. The van der Waals surface area contributed by atoms with E-state index in [1.54, 1.807) is 21.0 Å². The van der Waals surface area contributed by atoms with E-state index in [4.69, 9.17) is 0 Å². The number of pyridine rings is 1. The van der Waals surface area contributed by atoms with Crippen LogP contribution in [0.25, 0.3) is 0 Å². The normalized spacial score (nSPS) is 10.4. The molecule has 0 spiro atoms. The Balaban J connectivity index is 2.18. The first-order valence-electron chi connectivity index (χ1n) is 5.98. The lowest BCUT2D eigenvalue weighted by Crippen LogP contribution is -2.28. The fourth-order valence-corrected chi connectivity index (χ4v) is 1.73. The molecule has 0 aliphatic rings. The van der Waals surface area contributed by atoms with Gasteiger partial charge < -0.3 is 10.2 Å². The molecule has 0 bridgehead atoms. The molecule has 2 aromatic heterocycles. The van der Waals surface area contributed by atoms with E-state index in [1.807, 2.05) is 0 Å². The molecule has 2 N–H and O–H groups in total. The number of aryl methyl sites for hydroxylation is 1. The molecule has 0 unspecified atom stereocenters. The Bertz CT molecular complexity index is 626. The number of anilines is 1. The van der Waals surface area contributed by atoms with Gasteiger partial charge in [-0.3, -0.25) is 9.89 Å². The van der Waals surface area contributed by atoms with Crippen molar-refractivity contribution < 1.29 is 9.18 Å². The average molecular weight is 278 g/mol. The minimum Gasteiger partial charge on any atom is -0.371 e. The van der Waals surface area contributed by atoms with E-state index in [2.05, 4.69) is 25.5 Å². The molecule has 0 saturated heterocycles. The van der Waals surface area contributed by atoms with E-state index in [0.717, 1.165) is 0 Å². The van der Waals surface area contributed by atoms with Gasteiger partial charge in [0.05, 0.1) is 12.1 Å². The maximum atomic E-state index is 14.0. The number of amides is 1. The van der Waals surface area contributed by atoms with Gasteiger partial charge in [-0.25, -0.2) is 14.4 Å². The van der Waals surface area contributed by atoms with Crippen LogP contribution in [-0.2, 0) is 6.54 Å². The Morgan fingerprint density at radius 3 is 2.90 bits per heavy atom. The number of hydrogen-bond donors (Lipinski definition) is 2. The number of rotatable bonds is 4. The van der Waals surface area contributed by atoms with Crippen molar-refractivity contribution in [3.05, 3.63) is 35.3 Å². The molecule has 20 heavy (non-hydrogen) atoms. The lowest BCUT2D eigenvalue weighted by molar-refractivity contribution is 0.0777. The molecule has 0 aliphatic heterocycles. The van der Waals surface area contributed by atoms with Crippen molar-refractivity contribution in [3.8, 4) is 0 Å². The summed E-state index contributed by atoms with van der Waals surface area (Å²) in [6.07, 6.45) is 1.38. The number of H-pyrrole nitrogens is 1. The van der Waals surface area contributed by atoms with Crippen molar-refractivity contribution >= 4 is 11.7 Å². The van der Waals surface area contributed by atoms with Gasteiger partial charge in [0.25, 0.3) is 5.91 Å². The molecule has 0 aromatic carbocycles. The van der Waals surface area contributed by atoms with Gasteiger partial charge in [-0.05, 0) is 13.0 Å². The van der Waals surface area contributed by atoms with Gasteiger partial charge in [0, 0.05) is 20.3 Å². The summed E-state index contributed by atoms with van der Waals surface area (Å²) in [5.41, 5.74) is -0.0425. The summed E-state index contributed by atoms with van der Waals surface area (Å²) in [6, 6.07) is 1.35. The van der Waals surface area contributed by atoms with Crippen LogP contribution in [0.4, 0.5) is 10.2 Å². The second-order valence-corrected chi connectivity index (χ2v) is 4.27. The molecule has 0 aliphatic carbocycles. The van der Waals surface area contributed by atoms with Crippen molar-refractivity contribution in [2.45, 2.75) is 13.5 Å². The molecular formula is C12H15FN6O. The highest BCUT2D eigenvalue weighted by Gasteiger charge is 2.20. The number of nitrogens with one attached hydrogen (secondary N) is 2. The first-order valence-corrected chi connectivity index (χ1v) is 5.98. The summed E-state index contributed by atoms with van der Waals surface area (Å²) in [7, 11) is 3.10. The van der Waals surface area contributed by atoms with E-state index in [0.29, 0.717) is 11.6 Å². The van der Waals surface area contributed by atoms with Crippen molar-refractivity contribution in [2.24, 2.45) is 0 Å². The van der Waals surface area contributed by atoms with E-state index in [9.17, 15) is 9.18 Å². The maximum absolute atomic E-state index is 14.0. The van der Waals surface area contributed by atoms with Crippen LogP contribution in [0.1, 0.15) is 22.0 Å². The van der Waals surface area contributed by atoms with Crippen molar-refractivity contribution in [1.29, 1.82) is 0 Å². The van der Waals surface area contributed by atoms with Crippen molar-refractivity contribution in [3.63, 3.8) is 0 Å². The Labute approximate surface area is 115 Å². The minimum absolute atomic E-state index is 0.0398. The molecule has 106 valence electrons. The first kappa shape index (κ1) is 13.9. The van der Waals surface area contributed by atoms with Crippen LogP contribution < -0.4 is 5.32 Å². The summed E-state index contributed by atoms with van der Waals surface area (Å²) in [5.74, 6) is 0.0509. The quantitative estimate of drug-likeness (QED) is 0.870. The molecule has 2 aromatic rings. The van der Waals surface area contributed by atoms with E-state index in [-0.39, 0.29) is 17.9 Å². The van der Waals surface area contributed by atoms with Gasteiger partial charge in [0.15, 0.2) is 17.5 Å². The highest BCUT2D eigenvalue weighted by Crippen LogP contribution is 2.16. The number of carbonyl (C=O) groups excluding carboxylic acids is 1. The lowest BCUT2D eigenvalue weighted by Gasteiger charge is -2.16. The average Bonchev–Trinajstić information content (AvgIpc) is 2.83. The number of carbonyl (C=O) groups is 1. The Hall–Kier alpha value is -2.51. The number of hydrogen-bond acceptors (Lipinski definition) is 5. The van der Waals surface area contributed by atoms with E-state index >= 15 is 0 Å². The van der Waals surface area contributed by atoms with Gasteiger partial charge >= 0.3 is 0 Å². The fraction of sp³-hybridized carbons (Fsp3) is 0.333. The summed E-state index contributed by atoms with van der Waals surface area (Å²) >= 11 is 0. The predicted molar refractivity (Wildman–Crippen MR) is 70.7 cm³/mol. The number of halogens is 1. The summed E-state index contributed by atoms with van der Waals surface area (Å²) in [6.45, 7) is 1.96. The Morgan fingerprint density at radius 2 is 2.30 bits per heavy atom. The summed E-state index contributed by atoms with van der Waals surface area (Å²) < 4.78 is 14.0. The monoisotopic (exact) mass is 278 g/mol. The zero-order valence-corrected chi connectivity index (χ0v) is 11.4. The minimum atomic E-state index is -0.669. The second-order valence-electron chi connectivity index (χ2n) is 4.27. The summed E-state index contributed by atoms with van der Waals surface area (Å²) in [4.78, 5) is 21.5. The third-order valence-corrected chi connectivity index (χ3v) is 2.73. The van der Waals surface area contributed by atoms with Gasteiger partial charge in [0.2, 0.25) is 0 Å². The van der Waals surface area contributed by atoms with Gasteiger partial charge in [0.1, 0.15) is 5.82 Å².